The zero-order valence-electron chi connectivity index (χ0n) is 19.7. The first-order valence-electron chi connectivity index (χ1n) is 10.7. The minimum atomic E-state index is -4.09. The van der Waals surface area contributed by atoms with Crippen LogP contribution in [0.3, 0.4) is 0 Å². The van der Waals surface area contributed by atoms with E-state index >= 15 is 0 Å². The molecule has 11 heteroatoms. The Kier molecular flexibility index (Phi) is 8.47. The summed E-state index contributed by atoms with van der Waals surface area (Å²) in [7, 11) is 2.76. The molecule has 186 valence electrons. The van der Waals surface area contributed by atoms with Gasteiger partial charge in [0.2, 0.25) is 10.0 Å². The van der Waals surface area contributed by atoms with Crippen molar-refractivity contribution in [3.63, 3.8) is 0 Å². The Bertz CT molecular complexity index is 1120. The van der Waals surface area contributed by atoms with Crippen LogP contribution in [0.15, 0.2) is 41.3 Å². The lowest BCUT2D eigenvalue weighted by Crippen LogP contribution is -2.41. The Labute approximate surface area is 199 Å². The molecule has 1 heterocycles. The van der Waals surface area contributed by atoms with Crippen molar-refractivity contribution in [3.8, 4) is 11.5 Å². The summed E-state index contributed by atoms with van der Waals surface area (Å²) in [6, 6.07) is 8.64. The Balaban J connectivity index is 1.79. The van der Waals surface area contributed by atoms with Crippen molar-refractivity contribution in [1.82, 2.24) is 14.5 Å². The standard InChI is InChI=1S/C23H30FN3O6S/c1-26(2)19(16-6-8-20(31-3)21(13-16)32-4)15-25-23(28)17-5-7-18(24)22(14-17)34(29,30)27-9-11-33-12-10-27/h5-8,13-14,19H,9-12,15H2,1-4H3,(H,25,28)/t19-/m1/s1. The molecule has 3 rings (SSSR count). The maximum absolute atomic E-state index is 14.5. The number of morpholine rings is 1. The number of likely N-dealkylation sites (N-methyl/N-ethyl adjacent to an activating group) is 1. The van der Waals surface area contributed by atoms with Crippen LogP contribution >= 0.6 is 0 Å². The quantitative estimate of drug-likeness (QED) is 0.568. The van der Waals surface area contributed by atoms with Crippen molar-refractivity contribution >= 4 is 15.9 Å². The van der Waals surface area contributed by atoms with Crippen LogP contribution in [0.2, 0.25) is 0 Å². The molecule has 0 unspecified atom stereocenters. The van der Waals surface area contributed by atoms with E-state index in [1.54, 1.807) is 20.3 Å². The number of ether oxygens (including phenoxy) is 3. The van der Waals surface area contributed by atoms with Crippen LogP contribution in [0.4, 0.5) is 4.39 Å². The Hall–Kier alpha value is -2.73. The van der Waals surface area contributed by atoms with E-state index < -0.39 is 26.6 Å². The number of rotatable bonds is 9. The highest BCUT2D eigenvalue weighted by atomic mass is 32.2. The van der Waals surface area contributed by atoms with Gasteiger partial charge in [-0.3, -0.25) is 4.79 Å². The Morgan fingerprint density at radius 1 is 1.12 bits per heavy atom. The second-order valence-corrected chi connectivity index (χ2v) is 9.87. The van der Waals surface area contributed by atoms with Crippen LogP contribution in [0.1, 0.15) is 22.0 Å². The highest BCUT2D eigenvalue weighted by Gasteiger charge is 2.30. The van der Waals surface area contributed by atoms with Gasteiger partial charge in [0.25, 0.3) is 5.91 Å². The first-order chi connectivity index (χ1) is 16.2. The summed E-state index contributed by atoms with van der Waals surface area (Å²) in [6.07, 6.45) is 0. The molecule has 0 bridgehead atoms. The van der Waals surface area contributed by atoms with Gasteiger partial charge in [-0.1, -0.05) is 6.07 Å². The fourth-order valence-corrected chi connectivity index (χ4v) is 5.22. The lowest BCUT2D eigenvalue weighted by Gasteiger charge is -2.26. The molecule has 34 heavy (non-hydrogen) atoms. The van der Waals surface area contributed by atoms with Crippen molar-refractivity contribution in [3.05, 3.63) is 53.3 Å². The fourth-order valence-electron chi connectivity index (χ4n) is 3.72. The average Bonchev–Trinajstić information content (AvgIpc) is 2.84. The largest absolute Gasteiger partial charge is 0.493 e. The van der Waals surface area contributed by atoms with E-state index in [9.17, 15) is 17.6 Å². The summed E-state index contributed by atoms with van der Waals surface area (Å²) < 4.78 is 57.3. The lowest BCUT2D eigenvalue weighted by atomic mass is 10.0. The van der Waals surface area contributed by atoms with Crippen LogP contribution in [0.5, 0.6) is 11.5 Å². The molecule has 1 aliphatic rings. The molecule has 9 nitrogen and oxygen atoms in total. The van der Waals surface area contributed by atoms with Gasteiger partial charge < -0.3 is 24.4 Å². The molecule has 1 N–H and O–H groups in total. The van der Waals surface area contributed by atoms with E-state index in [1.165, 1.54) is 6.07 Å². The molecule has 1 saturated heterocycles. The van der Waals surface area contributed by atoms with Crippen LogP contribution in [-0.2, 0) is 14.8 Å². The van der Waals surface area contributed by atoms with E-state index in [2.05, 4.69) is 5.32 Å². The number of sulfonamides is 1. The predicted molar refractivity (Wildman–Crippen MR) is 124 cm³/mol. The number of hydrogen-bond acceptors (Lipinski definition) is 7. The second-order valence-electron chi connectivity index (χ2n) is 7.97. The summed E-state index contributed by atoms with van der Waals surface area (Å²) in [4.78, 5) is 14.3. The first-order valence-corrected chi connectivity index (χ1v) is 12.2. The highest BCUT2D eigenvalue weighted by Crippen LogP contribution is 2.31. The molecule has 0 aromatic heterocycles. The molecule has 1 amide bonds. The van der Waals surface area contributed by atoms with E-state index in [0.717, 1.165) is 22.0 Å². The van der Waals surface area contributed by atoms with Gasteiger partial charge >= 0.3 is 0 Å². The van der Waals surface area contributed by atoms with Crippen LogP contribution in [-0.4, -0.2) is 84.7 Å². The summed E-state index contributed by atoms with van der Waals surface area (Å²) in [5.41, 5.74) is 0.940. The zero-order chi connectivity index (χ0) is 24.9. The monoisotopic (exact) mass is 495 g/mol. The van der Waals surface area contributed by atoms with E-state index in [0.29, 0.717) is 11.5 Å². The Morgan fingerprint density at radius 2 is 1.79 bits per heavy atom. The maximum Gasteiger partial charge on any atom is 0.251 e. The molecule has 0 radical (unpaired) electrons. The smallest absolute Gasteiger partial charge is 0.251 e. The van der Waals surface area contributed by atoms with Crippen LogP contribution in [0.25, 0.3) is 0 Å². The molecular formula is C23H30FN3O6S. The van der Waals surface area contributed by atoms with Crippen molar-refractivity contribution in [2.24, 2.45) is 0 Å². The number of methoxy groups -OCH3 is 2. The topological polar surface area (TPSA) is 97.4 Å². The third kappa shape index (κ3) is 5.66. The molecule has 0 aliphatic carbocycles. The molecule has 0 saturated carbocycles. The van der Waals surface area contributed by atoms with Crippen molar-refractivity contribution in [2.45, 2.75) is 10.9 Å². The number of amides is 1. The van der Waals surface area contributed by atoms with Gasteiger partial charge in [-0.25, -0.2) is 12.8 Å². The van der Waals surface area contributed by atoms with E-state index in [4.69, 9.17) is 14.2 Å². The molecule has 1 fully saturated rings. The van der Waals surface area contributed by atoms with E-state index in [-0.39, 0.29) is 44.5 Å². The van der Waals surface area contributed by atoms with E-state index in [1.807, 2.05) is 31.1 Å². The van der Waals surface area contributed by atoms with Gasteiger partial charge in [-0.15, -0.1) is 0 Å². The summed E-state index contributed by atoms with van der Waals surface area (Å²) in [5.74, 6) is -0.256. The molecule has 1 atom stereocenters. The van der Waals surface area contributed by atoms with Crippen LogP contribution in [0, 0.1) is 5.82 Å². The molecule has 0 spiro atoms. The predicted octanol–water partition coefficient (Wildman–Crippen LogP) is 1.90. The molecule has 2 aromatic carbocycles. The van der Waals surface area contributed by atoms with Gasteiger partial charge in [0, 0.05) is 25.2 Å². The summed E-state index contributed by atoms with van der Waals surface area (Å²) in [6.45, 7) is 0.971. The maximum atomic E-state index is 14.5. The number of benzene rings is 2. The van der Waals surface area contributed by atoms with Crippen molar-refractivity contribution in [2.75, 3.05) is 61.2 Å². The van der Waals surface area contributed by atoms with Gasteiger partial charge in [0.15, 0.2) is 11.5 Å². The van der Waals surface area contributed by atoms with Gasteiger partial charge in [0.05, 0.1) is 33.5 Å². The third-order valence-electron chi connectivity index (χ3n) is 5.65. The number of hydrogen-bond donors (Lipinski definition) is 1. The second kappa shape index (κ2) is 11.1. The molecule has 2 aromatic rings. The number of carbonyl (C=O) groups is 1. The van der Waals surface area contributed by atoms with Gasteiger partial charge in [-0.2, -0.15) is 4.31 Å². The fraction of sp³-hybridized carbons (Fsp3) is 0.435. The SMILES string of the molecule is COc1ccc([C@@H](CNC(=O)c2ccc(F)c(S(=O)(=O)N3CCOCC3)c2)N(C)C)cc1OC. The third-order valence-corrected chi connectivity index (χ3v) is 7.57. The lowest BCUT2D eigenvalue weighted by molar-refractivity contribution is 0.0729. The molecular weight excluding hydrogens is 465 g/mol. The highest BCUT2D eigenvalue weighted by molar-refractivity contribution is 7.89. The minimum Gasteiger partial charge on any atom is -0.493 e. The summed E-state index contributed by atoms with van der Waals surface area (Å²) >= 11 is 0. The van der Waals surface area contributed by atoms with Crippen molar-refractivity contribution in [1.29, 1.82) is 0 Å². The van der Waals surface area contributed by atoms with Crippen molar-refractivity contribution < 1.29 is 31.8 Å². The zero-order valence-corrected chi connectivity index (χ0v) is 20.5. The summed E-state index contributed by atoms with van der Waals surface area (Å²) in [5, 5.41) is 2.82. The van der Waals surface area contributed by atoms with Gasteiger partial charge in [0.1, 0.15) is 10.7 Å². The number of nitrogens with zero attached hydrogens (tertiary/aromatic N) is 2. The van der Waals surface area contributed by atoms with Crippen LogP contribution < -0.4 is 14.8 Å². The molecule has 1 aliphatic heterocycles. The first kappa shape index (κ1) is 25.9. The Morgan fingerprint density at radius 3 is 2.41 bits per heavy atom. The number of nitrogens with one attached hydrogen (secondary N) is 1. The number of halogens is 1. The normalized spacial score (nSPS) is 15.7. The number of carbonyl (C=O) groups excluding carboxylic acids is 1. The average molecular weight is 496 g/mol. The van der Waals surface area contributed by atoms with Gasteiger partial charge in [-0.05, 0) is 50.0 Å². The minimum absolute atomic E-state index is 0.0538.